The van der Waals surface area contributed by atoms with Gasteiger partial charge in [-0.3, -0.25) is 0 Å². The predicted molar refractivity (Wildman–Crippen MR) is 60.8 cm³/mol. The fourth-order valence-electron chi connectivity index (χ4n) is 1.32. The second-order valence-corrected chi connectivity index (χ2v) is 3.53. The number of hydrogen-bond donors (Lipinski definition) is 2. The van der Waals surface area contributed by atoms with Crippen LogP contribution < -0.4 is 5.32 Å². The molecular formula is C11H16N2O3. The van der Waals surface area contributed by atoms with Crippen LogP contribution in [-0.4, -0.2) is 35.8 Å². The van der Waals surface area contributed by atoms with Crippen molar-refractivity contribution < 1.29 is 14.6 Å². The lowest BCUT2D eigenvalue weighted by atomic mass is 10.2. The van der Waals surface area contributed by atoms with E-state index in [4.69, 9.17) is 9.84 Å². The van der Waals surface area contributed by atoms with Gasteiger partial charge in [-0.05, 0) is 25.5 Å². The summed E-state index contributed by atoms with van der Waals surface area (Å²) in [6.07, 6.45) is 2.28. The summed E-state index contributed by atoms with van der Waals surface area (Å²) in [5, 5.41) is 12.0. The Hall–Kier alpha value is -1.62. The zero-order valence-corrected chi connectivity index (χ0v) is 9.43. The summed E-state index contributed by atoms with van der Waals surface area (Å²) in [4.78, 5) is 14.7. The molecule has 5 heteroatoms. The Balaban J connectivity index is 2.69. The largest absolute Gasteiger partial charge is 0.476 e. The monoisotopic (exact) mass is 224 g/mol. The van der Waals surface area contributed by atoms with Gasteiger partial charge in [0.1, 0.15) is 0 Å². The highest BCUT2D eigenvalue weighted by Gasteiger charge is 2.12. The number of pyridine rings is 1. The summed E-state index contributed by atoms with van der Waals surface area (Å²) in [6.45, 7) is 2.61. The molecule has 1 unspecified atom stereocenters. The van der Waals surface area contributed by atoms with Crippen LogP contribution in [0.4, 0.5) is 5.69 Å². The summed E-state index contributed by atoms with van der Waals surface area (Å²) in [6, 6.07) is 3.56. The van der Waals surface area contributed by atoms with E-state index >= 15 is 0 Å². The van der Waals surface area contributed by atoms with Gasteiger partial charge in [-0.15, -0.1) is 0 Å². The quantitative estimate of drug-likeness (QED) is 0.768. The van der Waals surface area contributed by atoms with E-state index in [2.05, 4.69) is 10.3 Å². The van der Waals surface area contributed by atoms with Crippen LogP contribution in [0.3, 0.4) is 0 Å². The smallest absolute Gasteiger partial charge is 0.356 e. The number of rotatable bonds is 6. The molecule has 1 rings (SSSR count). The minimum atomic E-state index is -1.03. The molecule has 16 heavy (non-hydrogen) atoms. The molecule has 88 valence electrons. The number of carbonyl (C=O) groups is 1. The van der Waals surface area contributed by atoms with Crippen LogP contribution in [0.2, 0.25) is 0 Å². The number of ether oxygens (including phenoxy) is 1. The van der Waals surface area contributed by atoms with Gasteiger partial charge in [0.25, 0.3) is 0 Å². The van der Waals surface area contributed by atoms with Crippen LogP contribution in [0.1, 0.15) is 23.8 Å². The van der Waals surface area contributed by atoms with Gasteiger partial charge in [-0.25, -0.2) is 9.78 Å². The Bertz CT molecular complexity index is 355. The third kappa shape index (κ3) is 3.51. The maximum absolute atomic E-state index is 10.9. The minimum absolute atomic E-state index is 0.0479. The van der Waals surface area contributed by atoms with Crippen molar-refractivity contribution in [2.75, 3.05) is 19.0 Å². The van der Waals surface area contributed by atoms with E-state index in [1.165, 1.54) is 6.20 Å². The number of methoxy groups -OCH3 is 1. The van der Waals surface area contributed by atoms with Gasteiger partial charge >= 0.3 is 5.97 Å². The molecular weight excluding hydrogens is 208 g/mol. The Morgan fingerprint density at radius 2 is 2.44 bits per heavy atom. The van der Waals surface area contributed by atoms with Crippen LogP contribution in [0.25, 0.3) is 0 Å². The zero-order valence-electron chi connectivity index (χ0n) is 9.43. The molecule has 5 nitrogen and oxygen atoms in total. The number of carboxylic acid groups (broad SMARTS) is 1. The van der Waals surface area contributed by atoms with E-state index in [-0.39, 0.29) is 11.7 Å². The summed E-state index contributed by atoms with van der Waals surface area (Å²) in [7, 11) is 1.64. The van der Waals surface area contributed by atoms with Crippen molar-refractivity contribution >= 4 is 11.7 Å². The summed E-state index contributed by atoms with van der Waals surface area (Å²) in [5.41, 5.74) is 0.588. The topological polar surface area (TPSA) is 71.5 Å². The van der Waals surface area contributed by atoms with Crippen molar-refractivity contribution in [2.45, 2.75) is 19.4 Å². The lowest BCUT2D eigenvalue weighted by molar-refractivity contribution is 0.0691. The zero-order chi connectivity index (χ0) is 12.0. The Labute approximate surface area is 94.5 Å². The Kier molecular flexibility index (Phi) is 4.72. The van der Waals surface area contributed by atoms with Crippen molar-refractivity contribution in [2.24, 2.45) is 0 Å². The average molecular weight is 224 g/mol. The highest BCUT2D eigenvalue weighted by atomic mass is 16.5. The first-order valence-corrected chi connectivity index (χ1v) is 5.09. The normalized spacial score (nSPS) is 12.1. The molecule has 0 radical (unpaired) electrons. The Morgan fingerprint density at radius 1 is 1.69 bits per heavy atom. The third-order valence-corrected chi connectivity index (χ3v) is 2.17. The van der Waals surface area contributed by atoms with Gasteiger partial charge in [-0.2, -0.15) is 0 Å². The molecule has 0 saturated heterocycles. The summed E-state index contributed by atoms with van der Waals surface area (Å²) in [5.74, 6) is -1.03. The number of aromatic nitrogens is 1. The van der Waals surface area contributed by atoms with E-state index in [9.17, 15) is 4.79 Å². The molecule has 1 atom stereocenters. The van der Waals surface area contributed by atoms with Crippen LogP contribution in [0.15, 0.2) is 18.3 Å². The molecule has 0 aromatic carbocycles. The molecule has 0 aliphatic heterocycles. The van der Waals surface area contributed by atoms with Crippen LogP contribution in [0.5, 0.6) is 0 Å². The molecule has 1 heterocycles. The number of nitrogens with one attached hydrogen (secondary N) is 1. The third-order valence-electron chi connectivity index (χ3n) is 2.17. The number of hydrogen-bond acceptors (Lipinski definition) is 4. The van der Waals surface area contributed by atoms with Gasteiger partial charge in [-0.1, -0.05) is 0 Å². The van der Waals surface area contributed by atoms with Crippen molar-refractivity contribution in [3.8, 4) is 0 Å². The van der Waals surface area contributed by atoms with Gasteiger partial charge in [0.15, 0.2) is 5.69 Å². The van der Waals surface area contributed by atoms with E-state index < -0.39 is 5.97 Å². The van der Waals surface area contributed by atoms with Crippen molar-refractivity contribution in [3.63, 3.8) is 0 Å². The van der Waals surface area contributed by atoms with Crippen molar-refractivity contribution in [3.05, 3.63) is 24.0 Å². The second kappa shape index (κ2) is 6.07. The van der Waals surface area contributed by atoms with Gasteiger partial charge in [0, 0.05) is 26.0 Å². The minimum Gasteiger partial charge on any atom is -0.476 e. The molecule has 0 spiro atoms. The highest BCUT2D eigenvalue weighted by molar-refractivity contribution is 5.91. The summed E-state index contributed by atoms with van der Waals surface area (Å²) < 4.78 is 4.96. The van der Waals surface area contributed by atoms with Crippen molar-refractivity contribution in [1.82, 2.24) is 4.98 Å². The Morgan fingerprint density at radius 3 is 3.06 bits per heavy atom. The molecule has 0 saturated carbocycles. The van der Waals surface area contributed by atoms with Gasteiger partial charge in [0.05, 0.1) is 5.69 Å². The number of nitrogens with zero attached hydrogens (tertiary/aromatic N) is 1. The lowest BCUT2D eigenvalue weighted by Gasteiger charge is -2.15. The predicted octanol–water partition coefficient (Wildman–Crippen LogP) is 1.62. The van der Waals surface area contributed by atoms with Crippen LogP contribution in [-0.2, 0) is 4.74 Å². The molecule has 0 fully saturated rings. The molecule has 0 bridgehead atoms. The fraction of sp³-hybridized carbons (Fsp3) is 0.455. The SMILES string of the molecule is COCCC(C)Nc1cccnc1C(=O)O. The highest BCUT2D eigenvalue weighted by Crippen LogP contribution is 2.14. The summed E-state index contributed by atoms with van der Waals surface area (Å²) >= 11 is 0. The first kappa shape index (κ1) is 12.4. The maximum Gasteiger partial charge on any atom is 0.356 e. The number of aromatic carboxylic acids is 1. The van der Waals surface area contributed by atoms with Crippen LogP contribution >= 0.6 is 0 Å². The maximum atomic E-state index is 10.9. The molecule has 1 aromatic rings. The molecule has 1 aromatic heterocycles. The first-order chi connectivity index (χ1) is 7.65. The fourth-order valence-corrected chi connectivity index (χ4v) is 1.32. The average Bonchev–Trinajstić information content (AvgIpc) is 2.27. The van der Waals surface area contributed by atoms with E-state index in [0.29, 0.717) is 12.3 Å². The molecule has 0 aliphatic carbocycles. The lowest BCUT2D eigenvalue weighted by Crippen LogP contribution is -2.19. The first-order valence-electron chi connectivity index (χ1n) is 5.09. The van der Waals surface area contributed by atoms with E-state index in [1.54, 1.807) is 19.2 Å². The van der Waals surface area contributed by atoms with Gasteiger partial charge < -0.3 is 15.2 Å². The van der Waals surface area contributed by atoms with E-state index in [1.807, 2.05) is 6.92 Å². The molecule has 0 amide bonds. The number of anilines is 1. The molecule has 2 N–H and O–H groups in total. The van der Waals surface area contributed by atoms with Crippen LogP contribution in [0, 0.1) is 0 Å². The second-order valence-electron chi connectivity index (χ2n) is 3.53. The standard InChI is InChI=1S/C11H16N2O3/c1-8(5-7-16-2)13-9-4-3-6-12-10(9)11(14)15/h3-4,6,8,13H,5,7H2,1-2H3,(H,14,15). The number of carboxylic acids is 1. The molecule has 0 aliphatic rings. The van der Waals surface area contributed by atoms with Gasteiger partial charge in [0.2, 0.25) is 0 Å². The van der Waals surface area contributed by atoms with E-state index in [0.717, 1.165) is 6.42 Å². The van der Waals surface area contributed by atoms with Crippen molar-refractivity contribution in [1.29, 1.82) is 0 Å².